The number of halogens is 2. The molecule has 94 valence electrons. The molecule has 0 bridgehead atoms. The van der Waals surface area contributed by atoms with Crippen LogP contribution in [0.1, 0.15) is 30.6 Å². The molecule has 1 aromatic carbocycles. The van der Waals surface area contributed by atoms with Crippen molar-refractivity contribution in [2.24, 2.45) is 5.92 Å². The zero-order valence-electron chi connectivity index (χ0n) is 10.0. The quantitative estimate of drug-likeness (QED) is 0.565. The normalized spacial score (nSPS) is 10.9. The Bertz CT molecular complexity index is 389. The number of benzene rings is 1. The first-order valence-corrected chi connectivity index (χ1v) is 5.56. The van der Waals surface area contributed by atoms with E-state index in [0.29, 0.717) is 12.5 Å². The molecule has 4 heteroatoms. The van der Waals surface area contributed by atoms with E-state index in [1.165, 1.54) is 0 Å². The summed E-state index contributed by atoms with van der Waals surface area (Å²) in [6, 6.07) is 2.81. The fourth-order valence-electron chi connectivity index (χ4n) is 1.27. The molecule has 0 amide bonds. The summed E-state index contributed by atoms with van der Waals surface area (Å²) in [5.41, 5.74) is -0.255. The van der Waals surface area contributed by atoms with Crippen molar-refractivity contribution < 1.29 is 18.3 Å². The molecular formula is C13H16F2O2. The van der Waals surface area contributed by atoms with Crippen molar-refractivity contribution >= 4 is 5.78 Å². The number of carbonyl (C=O) groups excluding carboxylic acids is 1. The predicted molar refractivity (Wildman–Crippen MR) is 61.0 cm³/mol. The molecule has 0 spiro atoms. The Morgan fingerprint density at radius 1 is 1.35 bits per heavy atom. The number of Topliss-reactive ketones (excluding diaryl/α,β-unsaturated/α-hetero) is 1. The van der Waals surface area contributed by atoms with Gasteiger partial charge in [0.2, 0.25) is 0 Å². The summed E-state index contributed by atoms with van der Waals surface area (Å²) in [5, 5.41) is 0. The minimum absolute atomic E-state index is 0.215. The third-order valence-corrected chi connectivity index (χ3v) is 2.30. The van der Waals surface area contributed by atoms with Crippen molar-refractivity contribution in [3.8, 4) is 0 Å². The number of ketones is 1. The summed E-state index contributed by atoms with van der Waals surface area (Å²) >= 11 is 0. The molecule has 0 saturated carbocycles. The summed E-state index contributed by atoms with van der Waals surface area (Å²) in [6.45, 7) is 4.31. The van der Waals surface area contributed by atoms with E-state index in [1.807, 2.05) is 13.8 Å². The van der Waals surface area contributed by atoms with Crippen LogP contribution in [0.2, 0.25) is 0 Å². The van der Waals surface area contributed by atoms with Crippen LogP contribution >= 0.6 is 0 Å². The van der Waals surface area contributed by atoms with Crippen molar-refractivity contribution in [2.45, 2.75) is 20.3 Å². The number of hydrogen-bond donors (Lipinski definition) is 0. The highest BCUT2D eigenvalue weighted by Gasteiger charge is 2.12. The standard InChI is InChI=1S/C13H16F2O2/c1-9(2)5-6-17-8-13(16)11-7-10(14)3-4-12(11)15/h3-4,7,9H,5-6,8H2,1-2H3. The van der Waals surface area contributed by atoms with Crippen LogP contribution in [0.15, 0.2) is 18.2 Å². The van der Waals surface area contributed by atoms with E-state index in [1.54, 1.807) is 0 Å². The summed E-state index contributed by atoms with van der Waals surface area (Å²) in [7, 11) is 0. The number of ether oxygens (including phenoxy) is 1. The van der Waals surface area contributed by atoms with E-state index < -0.39 is 17.4 Å². The fraction of sp³-hybridized carbons (Fsp3) is 0.462. The van der Waals surface area contributed by atoms with Gasteiger partial charge in [0.25, 0.3) is 0 Å². The maximum atomic E-state index is 13.2. The molecule has 17 heavy (non-hydrogen) atoms. The smallest absolute Gasteiger partial charge is 0.191 e. The second-order valence-corrected chi connectivity index (χ2v) is 4.28. The van der Waals surface area contributed by atoms with E-state index >= 15 is 0 Å². The largest absolute Gasteiger partial charge is 0.373 e. The van der Waals surface area contributed by atoms with Gasteiger partial charge in [0.05, 0.1) is 5.56 Å². The Kier molecular flexibility index (Phi) is 5.22. The van der Waals surface area contributed by atoms with Crippen molar-refractivity contribution in [1.82, 2.24) is 0 Å². The van der Waals surface area contributed by atoms with Gasteiger partial charge in [-0.3, -0.25) is 4.79 Å². The van der Waals surface area contributed by atoms with Crippen molar-refractivity contribution in [3.63, 3.8) is 0 Å². The van der Waals surface area contributed by atoms with E-state index in [9.17, 15) is 13.6 Å². The molecule has 0 saturated heterocycles. The van der Waals surface area contributed by atoms with Gasteiger partial charge in [-0.1, -0.05) is 13.8 Å². The van der Waals surface area contributed by atoms with Crippen molar-refractivity contribution in [2.75, 3.05) is 13.2 Å². The molecule has 0 aliphatic rings. The van der Waals surface area contributed by atoms with Crippen LogP contribution in [0.5, 0.6) is 0 Å². The topological polar surface area (TPSA) is 26.3 Å². The van der Waals surface area contributed by atoms with Crippen LogP contribution in [0, 0.1) is 17.6 Å². The number of rotatable bonds is 6. The fourth-order valence-corrected chi connectivity index (χ4v) is 1.27. The highest BCUT2D eigenvalue weighted by Crippen LogP contribution is 2.10. The minimum atomic E-state index is -0.719. The first kappa shape index (κ1) is 13.8. The van der Waals surface area contributed by atoms with Crippen LogP contribution in [0.4, 0.5) is 8.78 Å². The zero-order chi connectivity index (χ0) is 12.8. The van der Waals surface area contributed by atoms with Crippen LogP contribution < -0.4 is 0 Å². The van der Waals surface area contributed by atoms with Gasteiger partial charge in [0.1, 0.15) is 18.2 Å². The average Bonchev–Trinajstić information content (AvgIpc) is 2.27. The first-order chi connectivity index (χ1) is 8.00. The number of carbonyl (C=O) groups is 1. The lowest BCUT2D eigenvalue weighted by Gasteiger charge is -2.06. The molecule has 0 N–H and O–H groups in total. The van der Waals surface area contributed by atoms with Crippen LogP contribution in [0.25, 0.3) is 0 Å². The van der Waals surface area contributed by atoms with E-state index in [2.05, 4.69) is 0 Å². The lowest BCUT2D eigenvalue weighted by Crippen LogP contribution is -2.12. The molecule has 0 radical (unpaired) electrons. The molecule has 0 heterocycles. The lowest BCUT2D eigenvalue weighted by atomic mass is 10.1. The first-order valence-electron chi connectivity index (χ1n) is 5.56. The Hall–Kier alpha value is -1.29. The highest BCUT2D eigenvalue weighted by molar-refractivity contribution is 5.97. The Labute approximate surface area is 99.6 Å². The number of hydrogen-bond acceptors (Lipinski definition) is 2. The molecule has 2 nitrogen and oxygen atoms in total. The summed E-state index contributed by atoms with van der Waals surface area (Å²) < 4.78 is 31.2. The van der Waals surface area contributed by atoms with Gasteiger partial charge in [-0.2, -0.15) is 0 Å². The van der Waals surface area contributed by atoms with Gasteiger partial charge >= 0.3 is 0 Å². The van der Waals surface area contributed by atoms with E-state index in [4.69, 9.17) is 4.74 Å². The van der Waals surface area contributed by atoms with Gasteiger partial charge in [0, 0.05) is 6.61 Å². The summed E-state index contributed by atoms with van der Waals surface area (Å²) in [5.74, 6) is -1.40. The third-order valence-electron chi connectivity index (χ3n) is 2.30. The van der Waals surface area contributed by atoms with Gasteiger partial charge in [0.15, 0.2) is 5.78 Å². The van der Waals surface area contributed by atoms with Gasteiger partial charge in [-0.15, -0.1) is 0 Å². The molecule has 0 unspecified atom stereocenters. The Balaban J connectivity index is 2.49. The molecular weight excluding hydrogens is 226 g/mol. The molecule has 0 fully saturated rings. The highest BCUT2D eigenvalue weighted by atomic mass is 19.1. The Morgan fingerprint density at radius 3 is 2.71 bits per heavy atom. The SMILES string of the molecule is CC(C)CCOCC(=O)c1cc(F)ccc1F. The lowest BCUT2D eigenvalue weighted by molar-refractivity contribution is 0.0735. The molecule has 0 aliphatic heterocycles. The van der Waals surface area contributed by atoms with Gasteiger partial charge < -0.3 is 4.74 Å². The van der Waals surface area contributed by atoms with Crippen LogP contribution in [-0.4, -0.2) is 19.0 Å². The monoisotopic (exact) mass is 242 g/mol. The maximum absolute atomic E-state index is 13.2. The molecule has 0 aliphatic carbocycles. The second-order valence-electron chi connectivity index (χ2n) is 4.28. The molecule has 1 rings (SSSR count). The second kappa shape index (κ2) is 6.45. The predicted octanol–water partition coefficient (Wildman–Crippen LogP) is 3.21. The van der Waals surface area contributed by atoms with Crippen LogP contribution in [0.3, 0.4) is 0 Å². The van der Waals surface area contributed by atoms with Gasteiger partial charge in [-0.25, -0.2) is 8.78 Å². The van der Waals surface area contributed by atoms with E-state index in [-0.39, 0.29) is 12.2 Å². The summed E-state index contributed by atoms with van der Waals surface area (Å²) in [6.07, 6.45) is 0.832. The van der Waals surface area contributed by atoms with E-state index in [0.717, 1.165) is 24.6 Å². The third kappa shape index (κ3) is 4.61. The summed E-state index contributed by atoms with van der Waals surface area (Å²) in [4.78, 5) is 11.5. The molecule has 0 atom stereocenters. The van der Waals surface area contributed by atoms with Gasteiger partial charge in [-0.05, 0) is 30.5 Å². The molecule has 1 aromatic rings. The molecule has 0 aromatic heterocycles. The Morgan fingerprint density at radius 2 is 2.06 bits per heavy atom. The zero-order valence-corrected chi connectivity index (χ0v) is 10.0. The average molecular weight is 242 g/mol. The van der Waals surface area contributed by atoms with Crippen molar-refractivity contribution in [3.05, 3.63) is 35.4 Å². The maximum Gasteiger partial charge on any atom is 0.191 e. The minimum Gasteiger partial charge on any atom is -0.373 e. The van der Waals surface area contributed by atoms with Crippen LogP contribution in [-0.2, 0) is 4.74 Å². The van der Waals surface area contributed by atoms with Crippen molar-refractivity contribution in [1.29, 1.82) is 0 Å².